The SMILES string of the molecule is C=CC(=O)NCCn1ccccc1=O. The molecule has 1 amide bonds. The highest BCUT2D eigenvalue weighted by Crippen LogP contribution is 1.80. The minimum Gasteiger partial charge on any atom is -0.351 e. The maximum atomic E-state index is 11.2. The van der Waals surface area contributed by atoms with Crippen molar-refractivity contribution in [1.29, 1.82) is 0 Å². The number of hydrogen-bond acceptors (Lipinski definition) is 2. The molecular formula is C10H12N2O2. The molecule has 0 fully saturated rings. The highest BCUT2D eigenvalue weighted by molar-refractivity contribution is 5.86. The predicted octanol–water partition coefficient (Wildman–Crippen LogP) is 0.150. The Morgan fingerprint density at radius 1 is 1.57 bits per heavy atom. The lowest BCUT2D eigenvalue weighted by atomic mass is 10.4. The van der Waals surface area contributed by atoms with Crippen LogP contribution in [0.15, 0.2) is 41.8 Å². The summed E-state index contributed by atoms with van der Waals surface area (Å²) in [5, 5.41) is 2.59. The van der Waals surface area contributed by atoms with Gasteiger partial charge in [-0.15, -0.1) is 0 Å². The van der Waals surface area contributed by atoms with Gasteiger partial charge in [0, 0.05) is 25.4 Å². The second kappa shape index (κ2) is 5.01. The van der Waals surface area contributed by atoms with Crippen molar-refractivity contribution in [3.8, 4) is 0 Å². The highest BCUT2D eigenvalue weighted by atomic mass is 16.1. The Morgan fingerprint density at radius 3 is 3.00 bits per heavy atom. The second-order valence-electron chi connectivity index (χ2n) is 2.73. The first kappa shape index (κ1) is 10.2. The van der Waals surface area contributed by atoms with Crippen LogP contribution < -0.4 is 10.9 Å². The number of nitrogens with zero attached hydrogens (tertiary/aromatic N) is 1. The molecule has 0 unspecified atom stereocenters. The smallest absolute Gasteiger partial charge is 0.250 e. The van der Waals surface area contributed by atoms with Gasteiger partial charge in [-0.3, -0.25) is 9.59 Å². The van der Waals surface area contributed by atoms with Gasteiger partial charge in [0.2, 0.25) is 5.91 Å². The molecule has 0 saturated heterocycles. The Kier molecular flexibility index (Phi) is 3.67. The Balaban J connectivity index is 2.46. The lowest BCUT2D eigenvalue weighted by Crippen LogP contribution is -2.29. The largest absolute Gasteiger partial charge is 0.351 e. The van der Waals surface area contributed by atoms with Gasteiger partial charge in [0.15, 0.2) is 0 Å². The fourth-order valence-electron chi connectivity index (χ4n) is 1.02. The fourth-order valence-corrected chi connectivity index (χ4v) is 1.02. The number of aromatic nitrogens is 1. The third kappa shape index (κ3) is 2.90. The molecule has 1 heterocycles. The molecule has 0 saturated carbocycles. The maximum absolute atomic E-state index is 11.2. The van der Waals surface area contributed by atoms with Crippen molar-refractivity contribution in [2.75, 3.05) is 6.54 Å². The summed E-state index contributed by atoms with van der Waals surface area (Å²) in [7, 11) is 0. The molecule has 0 radical (unpaired) electrons. The molecule has 0 spiro atoms. The van der Waals surface area contributed by atoms with E-state index >= 15 is 0 Å². The second-order valence-corrected chi connectivity index (χ2v) is 2.73. The quantitative estimate of drug-likeness (QED) is 0.690. The highest BCUT2D eigenvalue weighted by Gasteiger charge is 1.95. The van der Waals surface area contributed by atoms with Crippen molar-refractivity contribution in [2.45, 2.75) is 6.54 Å². The molecule has 1 aromatic rings. The number of pyridine rings is 1. The first-order valence-corrected chi connectivity index (χ1v) is 4.30. The molecule has 0 aliphatic heterocycles. The van der Waals surface area contributed by atoms with E-state index in [1.165, 1.54) is 16.7 Å². The van der Waals surface area contributed by atoms with Crippen LogP contribution in [0.3, 0.4) is 0 Å². The topological polar surface area (TPSA) is 51.1 Å². The zero-order valence-electron chi connectivity index (χ0n) is 7.77. The van der Waals surface area contributed by atoms with Crippen LogP contribution in [-0.2, 0) is 11.3 Å². The summed E-state index contributed by atoms with van der Waals surface area (Å²) in [5.41, 5.74) is -0.0691. The lowest BCUT2D eigenvalue weighted by molar-refractivity contribution is -0.116. The molecule has 4 nitrogen and oxygen atoms in total. The minimum atomic E-state index is -0.228. The van der Waals surface area contributed by atoms with E-state index in [2.05, 4.69) is 11.9 Å². The summed E-state index contributed by atoms with van der Waals surface area (Å²) in [6, 6.07) is 4.94. The standard InChI is InChI=1S/C10H12N2O2/c1-2-9(13)11-6-8-12-7-4-3-5-10(12)14/h2-5,7H,1,6,8H2,(H,11,13). The third-order valence-electron chi connectivity index (χ3n) is 1.74. The fraction of sp³-hybridized carbons (Fsp3) is 0.200. The third-order valence-corrected chi connectivity index (χ3v) is 1.74. The van der Waals surface area contributed by atoms with Crippen LogP contribution in [0.2, 0.25) is 0 Å². The summed E-state index contributed by atoms with van der Waals surface area (Å²) in [6.07, 6.45) is 2.89. The number of nitrogens with one attached hydrogen (secondary N) is 1. The van der Waals surface area contributed by atoms with E-state index in [4.69, 9.17) is 0 Å². The number of rotatable bonds is 4. The van der Waals surface area contributed by atoms with E-state index in [9.17, 15) is 9.59 Å². The van der Waals surface area contributed by atoms with Crippen LogP contribution in [0.4, 0.5) is 0 Å². The summed E-state index contributed by atoms with van der Waals surface area (Å²) in [4.78, 5) is 22.0. The van der Waals surface area contributed by atoms with E-state index < -0.39 is 0 Å². The first-order chi connectivity index (χ1) is 6.74. The van der Waals surface area contributed by atoms with E-state index in [0.29, 0.717) is 13.1 Å². The Labute approximate surface area is 81.9 Å². The lowest BCUT2D eigenvalue weighted by Gasteiger charge is -2.04. The van der Waals surface area contributed by atoms with Gasteiger partial charge in [-0.2, -0.15) is 0 Å². The number of carbonyl (C=O) groups excluding carboxylic acids is 1. The molecule has 4 heteroatoms. The molecule has 1 N–H and O–H groups in total. The molecule has 74 valence electrons. The molecule has 0 aliphatic rings. The van der Waals surface area contributed by atoms with Crippen molar-refractivity contribution in [3.63, 3.8) is 0 Å². The van der Waals surface area contributed by atoms with Gasteiger partial charge in [-0.1, -0.05) is 12.6 Å². The molecule has 0 atom stereocenters. The molecule has 0 aliphatic carbocycles. The zero-order chi connectivity index (χ0) is 10.4. The van der Waals surface area contributed by atoms with Crippen LogP contribution in [0.25, 0.3) is 0 Å². The van der Waals surface area contributed by atoms with Crippen molar-refractivity contribution in [1.82, 2.24) is 9.88 Å². The van der Waals surface area contributed by atoms with Crippen LogP contribution in [0.5, 0.6) is 0 Å². The Bertz CT molecular complexity index is 382. The van der Waals surface area contributed by atoms with Gasteiger partial charge in [0.05, 0.1) is 0 Å². The monoisotopic (exact) mass is 192 g/mol. The van der Waals surface area contributed by atoms with Crippen LogP contribution >= 0.6 is 0 Å². The van der Waals surface area contributed by atoms with Crippen molar-refractivity contribution in [2.24, 2.45) is 0 Å². The van der Waals surface area contributed by atoms with Gasteiger partial charge in [0.1, 0.15) is 0 Å². The van der Waals surface area contributed by atoms with Crippen LogP contribution in [0, 0.1) is 0 Å². The number of carbonyl (C=O) groups is 1. The Morgan fingerprint density at radius 2 is 2.36 bits per heavy atom. The predicted molar refractivity (Wildman–Crippen MR) is 53.9 cm³/mol. The van der Waals surface area contributed by atoms with E-state index in [1.807, 2.05) is 0 Å². The van der Waals surface area contributed by atoms with Gasteiger partial charge in [-0.25, -0.2) is 0 Å². The summed E-state index contributed by atoms with van der Waals surface area (Å²) >= 11 is 0. The van der Waals surface area contributed by atoms with Crippen LogP contribution in [0.1, 0.15) is 0 Å². The summed E-state index contributed by atoms with van der Waals surface area (Å²) in [5.74, 6) is -0.228. The van der Waals surface area contributed by atoms with Crippen molar-refractivity contribution >= 4 is 5.91 Å². The van der Waals surface area contributed by atoms with Gasteiger partial charge < -0.3 is 9.88 Å². The molecule has 0 aromatic carbocycles. The molecule has 1 aromatic heterocycles. The van der Waals surface area contributed by atoms with Crippen LogP contribution in [-0.4, -0.2) is 17.0 Å². The van der Waals surface area contributed by atoms with E-state index in [1.54, 1.807) is 18.3 Å². The van der Waals surface area contributed by atoms with Gasteiger partial charge in [-0.05, 0) is 12.1 Å². The average Bonchev–Trinajstić information content (AvgIpc) is 2.20. The summed E-state index contributed by atoms with van der Waals surface area (Å²) < 4.78 is 1.53. The Hall–Kier alpha value is -1.84. The normalized spacial score (nSPS) is 9.43. The zero-order valence-corrected chi connectivity index (χ0v) is 7.77. The number of amides is 1. The van der Waals surface area contributed by atoms with Gasteiger partial charge in [0.25, 0.3) is 5.56 Å². The van der Waals surface area contributed by atoms with E-state index in [-0.39, 0.29) is 11.5 Å². The summed E-state index contributed by atoms with van der Waals surface area (Å²) in [6.45, 7) is 4.22. The van der Waals surface area contributed by atoms with Crippen molar-refractivity contribution in [3.05, 3.63) is 47.4 Å². The molecule has 14 heavy (non-hydrogen) atoms. The molecular weight excluding hydrogens is 180 g/mol. The van der Waals surface area contributed by atoms with Gasteiger partial charge >= 0.3 is 0 Å². The van der Waals surface area contributed by atoms with E-state index in [0.717, 1.165) is 0 Å². The maximum Gasteiger partial charge on any atom is 0.250 e. The minimum absolute atomic E-state index is 0.0691. The first-order valence-electron chi connectivity index (χ1n) is 4.30. The molecule has 1 rings (SSSR count). The number of hydrogen-bond donors (Lipinski definition) is 1. The molecule has 0 bridgehead atoms. The van der Waals surface area contributed by atoms with Crippen molar-refractivity contribution < 1.29 is 4.79 Å². The average molecular weight is 192 g/mol.